The lowest BCUT2D eigenvalue weighted by Crippen LogP contribution is -2.40. The van der Waals surface area contributed by atoms with Gasteiger partial charge in [0.05, 0.1) is 5.56 Å². The lowest BCUT2D eigenvalue weighted by atomic mass is 10.1. The number of carbonyl (C=O) groups is 2. The highest BCUT2D eigenvalue weighted by Gasteiger charge is 2.19. The molecule has 0 radical (unpaired) electrons. The summed E-state index contributed by atoms with van der Waals surface area (Å²) >= 11 is 0. The van der Waals surface area contributed by atoms with Crippen molar-refractivity contribution < 1.29 is 19.8 Å². The number of hydrogen-bond acceptors (Lipinski definition) is 3. The van der Waals surface area contributed by atoms with Crippen LogP contribution in [0.3, 0.4) is 0 Å². The molecule has 86 valence electrons. The number of hydrogen-bond donors (Lipinski definition) is 3. The van der Waals surface area contributed by atoms with Gasteiger partial charge in [-0.3, -0.25) is 4.79 Å². The fraction of sp³-hybridized carbons (Fsp3) is 0.273. The van der Waals surface area contributed by atoms with E-state index in [9.17, 15) is 14.7 Å². The van der Waals surface area contributed by atoms with Crippen LogP contribution in [0.5, 0.6) is 5.75 Å². The fourth-order valence-corrected chi connectivity index (χ4v) is 1.24. The van der Waals surface area contributed by atoms with Crippen LogP contribution in [-0.2, 0) is 4.79 Å². The van der Waals surface area contributed by atoms with Crippen molar-refractivity contribution in [3.05, 3.63) is 29.8 Å². The van der Waals surface area contributed by atoms with E-state index < -0.39 is 17.9 Å². The van der Waals surface area contributed by atoms with Crippen LogP contribution in [-0.4, -0.2) is 28.1 Å². The van der Waals surface area contributed by atoms with Gasteiger partial charge in [0.2, 0.25) is 0 Å². The van der Waals surface area contributed by atoms with Crippen LogP contribution in [0.4, 0.5) is 0 Å². The molecule has 0 heterocycles. The minimum absolute atomic E-state index is 0.0715. The summed E-state index contributed by atoms with van der Waals surface area (Å²) in [7, 11) is 0. The molecule has 1 aromatic rings. The normalized spacial score (nSPS) is 11.8. The number of aliphatic carboxylic acids is 1. The molecular formula is C11H13NO4. The Morgan fingerprint density at radius 3 is 2.50 bits per heavy atom. The smallest absolute Gasteiger partial charge is 0.326 e. The number of carboxylic acids is 1. The summed E-state index contributed by atoms with van der Waals surface area (Å²) in [5.74, 6) is -1.85. The van der Waals surface area contributed by atoms with Gasteiger partial charge in [0, 0.05) is 0 Å². The maximum Gasteiger partial charge on any atom is 0.326 e. The third-order valence-corrected chi connectivity index (χ3v) is 2.16. The number of amides is 1. The number of rotatable bonds is 4. The van der Waals surface area contributed by atoms with Crippen molar-refractivity contribution in [3.8, 4) is 5.75 Å². The van der Waals surface area contributed by atoms with Gasteiger partial charge in [0.15, 0.2) is 0 Å². The highest BCUT2D eigenvalue weighted by molar-refractivity contribution is 5.98. The number of aromatic hydroxyl groups is 1. The first-order valence-corrected chi connectivity index (χ1v) is 4.88. The summed E-state index contributed by atoms with van der Waals surface area (Å²) in [5.41, 5.74) is 0.0715. The number of phenolic OH excluding ortho intramolecular Hbond substituents is 1. The Balaban J connectivity index is 2.80. The molecule has 1 amide bonds. The van der Waals surface area contributed by atoms with E-state index in [1.54, 1.807) is 19.1 Å². The SMILES string of the molecule is CC[C@H](NC(=O)c1ccccc1O)C(=O)O. The fourth-order valence-electron chi connectivity index (χ4n) is 1.24. The maximum absolute atomic E-state index is 11.6. The summed E-state index contributed by atoms with van der Waals surface area (Å²) in [4.78, 5) is 22.3. The van der Waals surface area contributed by atoms with Gasteiger partial charge < -0.3 is 15.5 Å². The van der Waals surface area contributed by atoms with Gasteiger partial charge in [0.1, 0.15) is 11.8 Å². The van der Waals surface area contributed by atoms with Crippen LogP contribution in [0.2, 0.25) is 0 Å². The Morgan fingerprint density at radius 1 is 1.38 bits per heavy atom. The van der Waals surface area contributed by atoms with E-state index in [0.717, 1.165) is 0 Å². The van der Waals surface area contributed by atoms with E-state index in [4.69, 9.17) is 5.11 Å². The van der Waals surface area contributed by atoms with E-state index in [0.29, 0.717) is 0 Å². The van der Waals surface area contributed by atoms with Gasteiger partial charge in [-0.05, 0) is 18.6 Å². The number of nitrogens with one attached hydrogen (secondary N) is 1. The van der Waals surface area contributed by atoms with Crippen molar-refractivity contribution in [1.82, 2.24) is 5.32 Å². The number of para-hydroxylation sites is 1. The van der Waals surface area contributed by atoms with Crippen molar-refractivity contribution in [2.75, 3.05) is 0 Å². The Labute approximate surface area is 92.7 Å². The van der Waals surface area contributed by atoms with Crippen molar-refractivity contribution in [1.29, 1.82) is 0 Å². The van der Waals surface area contributed by atoms with Gasteiger partial charge in [-0.1, -0.05) is 19.1 Å². The molecule has 0 saturated carbocycles. The molecular weight excluding hydrogens is 210 g/mol. The summed E-state index contributed by atoms with van der Waals surface area (Å²) in [6.07, 6.45) is 0.286. The molecule has 0 spiro atoms. The Morgan fingerprint density at radius 2 is 2.00 bits per heavy atom. The van der Waals surface area contributed by atoms with Gasteiger partial charge in [0.25, 0.3) is 5.91 Å². The van der Waals surface area contributed by atoms with Gasteiger partial charge in [-0.2, -0.15) is 0 Å². The van der Waals surface area contributed by atoms with Crippen LogP contribution in [0.1, 0.15) is 23.7 Å². The molecule has 1 atom stereocenters. The lowest BCUT2D eigenvalue weighted by Gasteiger charge is -2.12. The minimum Gasteiger partial charge on any atom is -0.507 e. The Bertz CT molecular complexity index is 403. The zero-order chi connectivity index (χ0) is 12.1. The summed E-state index contributed by atoms with van der Waals surface area (Å²) in [5, 5.41) is 20.5. The van der Waals surface area contributed by atoms with Crippen molar-refractivity contribution in [2.45, 2.75) is 19.4 Å². The monoisotopic (exact) mass is 223 g/mol. The van der Waals surface area contributed by atoms with Crippen LogP contribution >= 0.6 is 0 Å². The summed E-state index contributed by atoms with van der Waals surface area (Å²) in [6, 6.07) is 5.04. The molecule has 0 aliphatic carbocycles. The molecule has 1 rings (SSSR count). The van der Waals surface area contributed by atoms with Gasteiger partial charge in [-0.25, -0.2) is 4.79 Å². The van der Waals surface area contributed by atoms with E-state index in [2.05, 4.69) is 5.32 Å². The molecule has 0 aliphatic rings. The van der Waals surface area contributed by atoms with Crippen LogP contribution in [0.15, 0.2) is 24.3 Å². The van der Waals surface area contributed by atoms with E-state index >= 15 is 0 Å². The van der Waals surface area contributed by atoms with E-state index in [-0.39, 0.29) is 17.7 Å². The Kier molecular flexibility index (Phi) is 3.88. The maximum atomic E-state index is 11.6. The van der Waals surface area contributed by atoms with Crippen molar-refractivity contribution in [2.24, 2.45) is 0 Å². The molecule has 3 N–H and O–H groups in total. The molecule has 0 saturated heterocycles. The van der Waals surface area contributed by atoms with Gasteiger partial charge >= 0.3 is 5.97 Å². The quantitative estimate of drug-likeness (QED) is 0.710. The van der Waals surface area contributed by atoms with Gasteiger partial charge in [-0.15, -0.1) is 0 Å². The first-order chi connectivity index (χ1) is 7.56. The first-order valence-electron chi connectivity index (χ1n) is 4.88. The third-order valence-electron chi connectivity index (χ3n) is 2.16. The van der Waals surface area contributed by atoms with Crippen LogP contribution in [0, 0.1) is 0 Å². The second kappa shape index (κ2) is 5.16. The van der Waals surface area contributed by atoms with Crippen molar-refractivity contribution >= 4 is 11.9 Å². The number of carboxylic acid groups (broad SMARTS) is 1. The zero-order valence-corrected chi connectivity index (χ0v) is 8.80. The topological polar surface area (TPSA) is 86.6 Å². The molecule has 5 nitrogen and oxygen atoms in total. The molecule has 5 heteroatoms. The molecule has 0 aliphatic heterocycles. The predicted molar refractivity (Wildman–Crippen MR) is 57.3 cm³/mol. The average Bonchev–Trinajstić information content (AvgIpc) is 2.25. The highest BCUT2D eigenvalue weighted by atomic mass is 16.4. The number of phenols is 1. The van der Waals surface area contributed by atoms with Crippen molar-refractivity contribution in [3.63, 3.8) is 0 Å². The molecule has 0 bridgehead atoms. The minimum atomic E-state index is -1.09. The largest absolute Gasteiger partial charge is 0.507 e. The first kappa shape index (κ1) is 12.0. The second-order valence-electron chi connectivity index (χ2n) is 3.29. The van der Waals surface area contributed by atoms with E-state index in [1.165, 1.54) is 12.1 Å². The highest BCUT2D eigenvalue weighted by Crippen LogP contribution is 2.15. The molecule has 0 fully saturated rings. The second-order valence-corrected chi connectivity index (χ2v) is 3.29. The number of benzene rings is 1. The average molecular weight is 223 g/mol. The lowest BCUT2D eigenvalue weighted by molar-refractivity contribution is -0.139. The standard InChI is InChI=1S/C11H13NO4/c1-2-8(11(15)16)12-10(14)7-5-3-4-6-9(7)13/h3-6,8,13H,2H2,1H3,(H,12,14)(H,15,16)/t8-/m0/s1. The molecule has 0 aromatic heterocycles. The summed E-state index contributed by atoms with van der Waals surface area (Å²) < 4.78 is 0. The number of carbonyl (C=O) groups excluding carboxylic acids is 1. The molecule has 0 unspecified atom stereocenters. The van der Waals surface area contributed by atoms with E-state index in [1.807, 2.05) is 0 Å². The summed E-state index contributed by atoms with van der Waals surface area (Å²) in [6.45, 7) is 1.66. The molecule has 1 aromatic carbocycles. The Hall–Kier alpha value is -2.04. The zero-order valence-electron chi connectivity index (χ0n) is 8.80. The third kappa shape index (κ3) is 2.73. The molecule has 16 heavy (non-hydrogen) atoms. The van der Waals surface area contributed by atoms with Crippen LogP contribution < -0.4 is 5.32 Å². The predicted octanol–water partition coefficient (Wildman–Crippen LogP) is 0.985. The van der Waals surface area contributed by atoms with Crippen LogP contribution in [0.25, 0.3) is 0 Å².